The Kier molecular flexibility index (Phi) is 4.67. The molecule has 0 spiro atoms. The van der Waals surface area contributed by atoms with Gasteiger partial charge in [-0.1, -0.05) is 23.2 Å². The van der Waals surface area contributed by atoms with Crippen molar-refractivity contribution in [1.82, 2.24) is 0 Å². The Balaban J connectivity index is 2.13. The Hall–Kier alpha value is -1.83. The summed E-state index contributed by atoms with van der Waals surface area (Å²) in [6.45, 7) is 1.93. The molecule has 0 aliphatic heterocycles. The molecule has 1 unspecified atom stereocenters. The molecule has 0 bridgehead atoms. The first-order valence-corrected chi connectivity index (χ1v) is 8.76. The van der Waals surface area contributed by atoms with E-state index in [1.54, 1.807) is 6.07 Å². The third-order valence-corrected chi connectivity index (χ3v) is 5.50. The van der Waals surface area contributed by atoms with E-state index in [1.165, 1.54) is 17.5 Å². The number of pyridine rings is 1. The molecule has 2 aromatic rings. The van der Waals surface area contributed by atoms with Crippen LogP contribution in [-0.4, -0.2) is 11.7 Å². The summed E-state index contributed by atoms with van der Waals surface area (Å²) in [6, 6.07) is 3.60. The average Bonchev–Trinajstić information content (AvgIpc) is 2.87. The van der Waals surface area contributed by atoms with E-state index in [0.29, 0.717) is 32.9 Å². The van der Waals surface area contributed by atoms with Gasteiger partial charge < -0.3 is 16.7 Å². The predicted octanol–water partition coefficient (Wildman–Crippen LogP) is 2.70. The van der Waals surface area contributed by atoms with Crippen LogP contribution in [0.15, 0.2) is 28.5 Å². The predicted molar refractivity (Wildman–Crippen MR) is 97.9 cm³/mol. The lowest BCUT2D eigenvalue weighted by Gasteiger charge is -2.25. The molecular formula is C15H15Cl2N5OS. The standard InChI is InChI=1S/C15H15Cl2N5OS/c1-7-2-3-22(23)11-5-8(9-6-12(16)24-14(9)17)4-10(13(7)11)20-21-15(18)19/h2-3,6,8H,4-5H2,1H3,(H4,18,19,21). The molecular weight excluding hydrogens is 369 g/mol. The highest BCUT2D eigenvalue weighted by Crippen LogP contribution is 2.41. The van der Waals surface area contributed by atoms with E-state index in [-0.39, 0.29) is 11.9 Å². The van der Waals surface area contributed by atoms with Crippen molar-refractivity contribution in [1.29, 1.82) is 0 Å². The van der Waals surface area contributed by atoms with Crippen molar-refractivity contribution in [3.05, 3.63) is 54.6 Å². The number of aryl methyl sites for hydroxylation is 1. The van der Waals surface area contributed by atoms with Crippen molar-refractivity contribution in [2.45, 2.75) is 25.7 Å². The third kappa shape index (κ3) is 3.19. The zero-order valence-electron chi connectivity index (χ0n) is 12.8. The Morgan fingerprint density at radius 3 is 2.75 bits per heavy atom. The van der Waals surface area contributed by atoms with Crippen LogP contribution >= 0.6 is 34.5 Å². The number of nitrogens with zero attached hydrogens (tertiary/aromatic N) is 3. The van der Waals surface area contributed by atoms with Crippen molar-refractivity contribution < 1.29 is 4.73 Å². The number of hydrogen-bond donors (Lipinski definition) is 2. The topological polar surface area (TPSA) is 104 Å². The molecule has 3 rings (SSSR count). The number of thiophene rings is 1. The van der Waals surface area contributed by atoms with E-state index < -0.39 is 0 Å². The number of nitrogens with two attached hydrogens (primary N) is 2. The highest BCUT2D eigenvalue weighted by Gasteiger charge is 2.33. The van der Waals surface area contributed by atoms with Crippen molar-refractivity contribution in [3.63, 3.8) is 0 Å². The first-order chi connectivity index (χ1) is 11.4. The minimum absolute atomic E-state index is 0.0105. The van der Waals surface area contributed by atoms with Gasteiger partial charge in [0.25, 0.3) is 0 Å². The van der Waals surface area contributed by atoms with Gasteiger partial charge in [-0.2, -0.15) is 9.83 Å². The molecule has 24 heavy (non-hydrogen) atoms. The highest BCUT2D eigenvalue weighted by molar-refractivity contribution is 7.20. The maximum Gasteiger partial charge on any atom is 0.211 e. The second kappa shape index (κ2) is 6.58. The van der Waals surface area contributed by atoms with Crippen LogP contribution in [0.25, 0.3) is 0 Å². The van der Waals surface area contributed by atoms with Crippen LogP contribution in [-0.2, 0) is 6.42 Å². The lowest BCUT2D eigenvalue weighted by molar-refractivity contribution is -0.614. The maximum atomic E-state index is 12.3. The Labute approximate surface area is 153 Å². The summed E-state index contributed by atoms with van der Waals surface area (Å²) >= 11 is 13.7. The quantitative estimate of drug-likeness (QED) is 0.274. The zero-order chi connectivity index (χ0) is 17.4. The van der Waals surface area contributed by atoms with Crippen LogP contribution in [0.4, 0.5) is 0 Å². The Morgan fingerprint density at radius 1 is 1.38 bits per heavy atom. The van der Waals surface area contributed by atoms with Gasteiger partial charge in [0.2, 0.25) is 11.7 Å². The number of aromatic nitrogens is 1. The smallest absolute Gasteiger partial charge is 0.211 e. The van der Waals surface area contributed by atoms with Crippen molar-refractivity contribution in [2.24, 2.45) is 21.7 Å². The second-order valence-electron chi connectivity index (χ2n) is 5.60. The minimum Gasteiger partial charge on any atom is -0.618 e. The second-order valence-corrected chi connectivity index (χ2v) is 7.89. The first-order valence-electron chi connectivity index (χ1n) is 7.19. The molecule has 4 N–H and O–H groups in total. The number of fused-ring (bicyclic) bond motifs is 1. The van der Waals surface area contributed by atoms with Gasteiger partial charge in [0, 0.05) is 18.4 Å². The molecule has 0 radical (unpaired) electrons. The van der Waals surface area contributed by atoms with Crippen molar-refractivity contribution in [3.8, 4) is 0 Å². The Bertz CT molecular complexity index is 858. The highest BCUT2D eigenvalue weighted by atomic mass is 35.5. The molecule has 6 nitrogen and oxygen atoms in total. The van der Waals surface area contributed by atoms with Crippen LogP contribution in [0, 0.1) is 12.1 Å². The van der Waals surface area contributed by atoms with Crippen molar-refractivity contribution >= 4 is 46.2 Å². The van der Waals surface area contributed by atoms with Gasteiger partial charge >= 0.3 is 0 Å². The minimum atomic E-state index is -0.133. The summed E-state index contributed by atoms with van der Waals surface area (Å²) in [7, 11) is 0. The van der Waals surface area contributed by atoms with Gasteiger partial charge in [0.1, 0.15) is 0 Å². The monoisotopic (exact) mass is 383 g/mol. The molecule has 1 aliphatic rings. The molecule has 9 heteroatoms. The zero-order valence-corrected chi connectivity index (χ0v) is 15.1. The van der Waals surface area contributed by atoms with Crippen LogP contribution in [0.5, 0.6) is 0 Å². The van der Waals surface area contributed by atoms with E-state index in [9.17, 15) is 5.21 Å². The van der Waals surface area contributed by atoms with Gasteiger partial charge in [-0.15, -0.1) is 16.4 Å². The molecule has 0 saturated heterocycles. The number of rotatable bonds is 2. The van der Waals surface area contributed by atoms with Gasteiger partial charge in [0.15, 0.2) is 6.20 Å². The van der Waals surface area contributed by atoms with E-state index in [2.05, 4.69) is 10.2 Å². The third-order valence-electron chi connectivity index (χ3n) is 3.99. The van der Waals surface area contributed by atoms with Crippen molar-refractivity contribution in [2.75, 3.05) is 0 Å². The molecule has 2 aromatic heterocycles. The van der Waals surface area contributed by atoms with Gasteiger partial charge in [0.05, 0.1) is 19.9 Å². The fourth-order valence-corrected chi connectivity index (χ4v) is 4.60. The van der Waals surface area contributed by atoms with Crippen LogP contribution in [0.2, 0.25) is 8.67 Å². The van der Waals surface area contributed by atoms with Gasteiger partial charge in [-0.25, -0.2) is 0 Å². The molecule has 1 atom stereocenters. The summed E-state index contributed by atoms with van der Waals surface area (Å²) in [6.07, 6.45) is 2.62. The lowest BCUT2D eigenvalue weighted by Crippen LogP contribution is -2.38. The van der Waals surface area contributed by atoms with E-state index in [4.69, 9.17) is 34.7 Å². The van der Waals surface area contributed by atoms with Crippen LogP contribution in [0.3, 0.4) is 0 Å². The largest absolute Gasteiger partial charge is 0.618 e. The molecule has 0 amide bonds. The maximum absolute atomic E-state index is 12.3. The molecule has 0 fully saturated rings. The summed E-state index contributed by atoms with van der Waals surface area (Å²) < 4.78 is 2.10. The molecule has 0 saturated carbocycles. The fraction of sp³-hybridized carbons (Fsp3) is 0.267. The summed E-state index contributed by atoms with van der Waals surface area (Å²) in [5, 5.41) is 20.2. The lowest BCUT2D eigenvalue weighted by atomic mass is 9.81. The number of guanidine groups is 1. The van der Waals surface area contributed by atoms with Gasteiger partial charge in [-0.05, 0) is 30.5 Å². The first kappa shape index (κ1) is 17.0. The van der Waals surface area contributed by atoms with Gasteiger partial charge in [-0.3, -0.25) is 0 Å². The van der Waals surface area contributed by atoms with Crippen LogP contribution < -0.4 is 16.2 Å². The Morgan fingerprint density at radius 2 is 2.12 bits per heavy atom. The summed E-state index contributed by atoms with van der Waals surface area (Å²) in [5.41, 5.74) is 14.7. The normalized spacial score (nSPS) is 18.5. The molecule has 2 heterocycles. The SMILES string of the molecule is Cc1cc[n+]([O-])c2c1C(=NN=C(N)N)CC(c1cc(Cl)sc1Cl)C2. The molecule has 1 aliphatic carbocycles. The number of halogens is 2. The van der Waals surface area contributed by atoms with E-state index in [0.717, 1.165) is 21.4 Å². The molecule has 126 valence electrons. The van der Waals surface area contributed by atoms with Crippen LogP contribution in [0.1, 0.15) is 34.7 Å². The summed E-state index contributed by atoms with van der Waals surface area (Å²) in [5.74, 6) is -0.143. The van der Waals surface area contributed by atoms with E-state index in [1.807, 2.05) is 13.0 Å². The summed E-state index contributed by atoms with van der Waals surface area (Å²) in [4.78, 5) is 0. The molecule has 0 aromatic carbocycles. The number of hydrogen-bond acceptors (Lipinski definition) is 4. The average molecular weight is 384 g/mol. The van der Waals surface area contributed by atoms with E-state index >= 15 is 0 Å². The fourth-order valence-electron chi connectivity index (χ4n) is 2.98.